The van der Waals surface area contributed by atoms with Crippen LogP contribution in [0.25, 0.3) is 22.3 Å². The summed E-state index contributed by atoms with van der Waals surface area (Å²) in [4.78, 5) is 32.9. The van der Waals surface area contributed by atoms with Gasteiger partial charge in [-0.15, -0.1) is 11.3 Å². The number of nitrogens with two attached hydrogens (primary N) is 1. The zero-order valence-electron chi connectivity index (χ0n) is 22.7. The Hall–Kier alpha value is -3.55. The molecule has 4 aromatic rings. The van der Waals surface area contributed by atoms with Crippen LogP contribution >= 0.6 is 11.3 Å². The van der Waals surface area contributed by atoms with Crippen molar-refractivity contribution < 1.29 is 23.1 Å². The Morgan fingerprint density at radius 3 is 2.41 bits per heavy atom. The molecular weight excluding hydrogens is 557 g/mol. The average molecular weight is 589 g/mol. The van der Waals surface area contributed by atoms with E-state index in [9.17, 15) is 27.9 Å². The van der Waals surface area contributed by atoms with Gasteiger partial charge < -0.3 is 15.7 Å². The predicted octanol–water partition coefficient (Wildman–Crippen LogP) is 3.72. The van der Waals surface area contributed by atoms with Crippen LogP contribution in [0.3, 0.4) is 0 Å². The minimum absolute atomic E-state index is 0.0758. The minimum atomic E-state index is -4.55. The molecule has 0 aliphatic carbocycles. The topological polar surface area (TPSA) is 119 Å². The number of aromatic nitrogens is 4. The van der Waals surface area contributed by atoms with E-state index < -0.39 is 35.6 Å². The number of amides is 1. The first-order chi connectivity index (χ1) is 19.4. The predicted molar refractivity (Wildman–Crippen MR) is 149 cm³/mol. The third-order valence-corrected chi connectivity index (χ3v) is 8.78. The summed E-state index contributed by atoms with van der Waals surface area (Å²) in [6.07, 6.45) is -3.64. The van der Waals surface area contributed by atoms with Gasteiger partial charge in [0.15, 0.2) is 5.52 Å². The second-order valence-corrected chi connectivity index (χ2v) is 11.9. The van der Waals surface area contributed by atoms with E-state index in [0.717, 1.165) is 27.3 Å². The molecule has 41 heavy (non-hydrogen) atoms. The van der Waals surface area contributed by atoms with Crippen molar-refractivity contribution in [3.05, 3.63) is 68.4 Å². The highest BCUT2D eigenvalue weighted by Gasteiger charge is 2.44. The number of thiophene rings is 1. The van der Waals surface area contributed by atoms with Crippen molar-refractivity contribution in [3.8, 4) is 11.3 Å². The van der Waals surface area contributed by atoms with Crippen LogP contribution in [-0.4, -0.2) is 60.1 Å². The van der Waals surface area contributed by atoms with E-state index in [1.807, 2.05) is 24.3 Å². The van der Waals surface area contributed by atoms with E-state index in [2.05, 4.69) is 10.1 Å². The first-order valence-corrected chi connectivity index (χ1v) is 14.0. The molecule has 13 heteroatoms. The van der Waals surface area contributed by atoms with E-state index >= 15 is 0 Å². The molecule has 5 rings (SSSR count). The second-order valence-electron chi connectivity index (χ2n) is 10.6. The average Bonchev–Trinajstić information content (AvgIpc) is 3.51. The standard InChI is InChI=1S/C28H31F3N6O3S/c1-17-3-8-21(41-17)20(28(29,30)31)13-22(38)36-11-9-27(40,10-12-36)15-37-16-33-23-24(26(37)39)34-35(2)25(23)19-6-4-18(14-32)5-7-19/h3-8,16,20,40H,9-15,32H2,1-2H3. The van der Waals surface area contributed by atoms with Crippen molar-refractivity contribution in [2.45, 2.75) is 57.0 Å². The summed E-state index contributed by atoms with van der Waals surface area (Å²) >= 11 is 1.04. The smallest absolute Gasteiger partial charge is 0.388 e. The van der Waals surface area contributed by atoms with Gasteiger partial charge in [-0.05, 0) is 37.5 Å². The Morgan fingerprint density at radius 1 is 1.15 bits per heavy atom. The Kier molecular flexibility index (Phi) is 7.79. The number of carbonyl (C=O) groups is 1. The zero-order chi connectivity index (χ0) is 29.5. The van der Waals surface area contributed by atoms with Crippen molar-refractivity contribution in [2.24, 2.45) is 12.8 Å². The quantitative estimate of drug-likeness (QED) is 0.340. The van der Waals surface area contributed by atoms with Crippen molar-refractivity contribution in [2.75, 3.05) is 13.1 Å². The lowest BCUT2D eigenvalue weighted by molar-refractivity contribution is -0.161. The number of carbonyl (C=O) groups excluding carboxylic acids is 1. The van der Waals surface area contributed by atoms with Crippen LogP contribution in [0, 0.1) is 6.92 Å². The van der Waals surface area contributed by atoms with E-state index in [1.165, 1.54) is 21.9 Å². The number of nitrogens with zero attached hydrogens (tertiary/aromatic N) is 5. The van der Waals surface area contributed by atoms with Crippen molar-refractivity contribution in [1.82, 2.24) is 24.2 Å². The van der Waals surface area contributed by atoms with Gasteiger partial charge in [0.05, 0.1) is 30.1 Å². The Balaban J connectivity index is 1.28. The Labute approximate surface area is 238 Å². The molecule has 1 amide bonds. The number of rotatable bonds is 7. The van der Waals surface area contributed by atoms with E-state index in [4.69, 9.17) is 5.73 Å². The van der Waals surface area contributed by atoms with Crippen molar-refractivity contribution in [1.29, 1.82) is 0 Å². The largest absolute Gasteiger partial charge is 0.397 e. The van der Waals surface area contributed by atoms with Gasteiger partial charge in [0, 0.05) is 48.4 Å². The molecule has 9 nitrogen and oxygen atoms in total. The normalized spacial score (nSPS) is 16.3. The molecule has 1 aliphatic rings. The van der Waals surface area contributed by atoms with Gasteiger partial charge in [0.25, 0.3) is 5.56 Å². The maximum atomic E-state index is 13.8. The Bertz CT molecular complexity index is 1620. The van der Waals surface area contributed by atoms with Gasteiger partial charge in [-0.2, -0.15) is 18.3 Å². The summed E-state index contributed by atoms with van der Waals surface area (Å²) in [6.45, 7) is 2.23. The lowest BCUT2D eigenvalue weighted by atomic mass is 9.90. The van der Waals surface area contributed by atoms with Gasteiger partial charge in [-0.25, -0.2) is 4.98 Å². The molecule has 1 atom stereocenters. The molecule has 3 aromatic heterocycles. The number of hydrogen-bond acceptors (Lipinski definition) is 7. The highest BCUT2D eigenvalue weighted by molar-refractivity contribution is 7.12. The highest BCUT2D eigenvalue weighted by Crippen LogP contribution is 2.41. The molecule has 0 saturated carbocycles. The third kappa shape index (κ3) is 5.92. The summed E-state index contributed by atoms with van der Waals surface area (Å²) in [5, 5.41) is 15.6. The van der Waals surface area contributed by atoms with Crippen molar-refractivity contribution in [3.63, 3.8) is 0 Å². The van der Waals surface area contributed by atoms with Gasteiger partial charge in [-0.3, -0.25) is 18.8 Å². The fourth-order valence-electron chi connectivity index (χ4n) is 5.30. The molecular formula is C28H31F3N6O3S. The number of likely N-dealkylation sites (tertiary alicyclic amines) is 1. The lowest BCUT2D eigenvalue weighted by Gasteiger charge is -2.38. The van der Waals surface area contributed by atoms with Crippen LogP contribution in [-0.2, 0) is 24.9 Å². The number of benzene rings is 1. The summed E-state index contributed by atoms with van der Waals surface area (Å²) in [6, 6.07) is 10.6. The number of aryl methyl sites for hydroxylation is 2. The third-order valence-electron chi connectivity index (χ3n) is 7.66. The molecule has 1 aromatic carbocycles. The van der Waals surface area contributed by atoms with Crippen molar-refractivity contribution >= 4 is 28.3 Å². The number of halogens is 3. The first-order valence-electron chi connectivity index (χ1n) is 13.2. The minimum Gasteiger partial charge on any atom is -0.388 e. The highest BCUT2D eigenvalue weighted by atomic mass is 32.1. The molecule has 1 saturated heterocycles. The first kappa shape index (κ1) is 29.0. The molecule has 0 bridgehead atoms. The molecule has 0 spiro atoms. The van der Waals surface area contributed by atoms with Gasteiger partial charge in [-0.1, -0.05) is 24.3 Å². The molecule has 4 heterocycles. The maximum Gasteiger partial charge on any atom is 0.397 e. The number of alkyl halides is 3. The molecule has 0 radical (unpaired) electrons. The second kappa shape index (κ2) is 11.0. The monoisotopic (exact) mass is 588 g/mol. The fraction of sp³-hybridized carbons (Fsp3) is 0.429. The number of hydrogen-bond donors (Lipinski definition) is 2. The van der Waals surface area contributed by atoms with Crippen LogP contribution in [0.5, 0.6) is 0 Å². The van der Waals surface area contributed by atoms with Crippen LogP contribution in [0.2, 0.25) is 0 Å². The number of aliphatic hydroxyl groups is 1. The summed E-state index contributed by atoms with van der Waals surface area (Å²) in [5.41, 5.74) is 7.00. The number of piperidine rings is 1. The lowest BCUT2D eigenvalue weighted by Crippen LogP contribution is -2.50. The van der Waals surface area contributed by atoms with Crippen LogP contribution in [0.4, 0.5) is 13.2 Å². The van der Waals surface area contributed by atoms with Crippen LogP contribution in [0.1, 0.15) is 40.5 Å². The number of fused-ring (bicyclic) bond motifs is 1. The molecule has 1 unspecified atom stereocenters. The fourth-order valence-corrected chi connectivity index (χ4v) is 6.30. The van der Waals surface area contributed by atoms with Gasteiger partial charge in [0.1, 0.15) is 5.52 Å². The van der Waals surface area contributed by atoms with Crippen LogP contribution < -0.4 is 11.3 Å². The zero-order valence-corrected chi connectivity index (χ0v) is 23.5. The SMILES string of the molecule is Cc1ccc(C(CC(=O)N2CCC(O)(Cn3cnc4c(-c5ccc(CN)cc5)n(C)nc4c3=O)CC2)C(F)(F)F)s1. The van der Waals surface area contributed by atoms with Crippen LogP contribution in [0.15, 0.2) is 47.5 Å². The van der Waals surface area contributed by atoms with Gasteiger partial charge >= 0.3 is 6.18 Å². The van der Waals surface area contributed by atoms with E-state index in [-0.39, 0.29) is 42.9 Å². The maximum absolute atomic E-state index is 13.8. The van der Waals surface area contributed by atoms with Gasteiger partial charge in [0.2, 0.25) is 5.91 Å². The summed E-state index contributed by atoms with van der Waals surface area (Å²) in [5.74, 6) is -2.48. The molecule has 1 fully saturated rings. The molecule has 3 N–H and O–H groups in total. The van der Waals surface area contributed by atoms with E-state index in [0.29, 0.717) is 17.8 Å². The van der Waals surface area contributed by atoms with E-state index in [1.54, 1.807) is 24.7 Å². The molecule has 218 valence electrons. The molecule has 1 aliphatic heterocycles. The Morgan fingerprint density at radius 2 is 1.83 bits per heavy atom. The summed E-state index contributed by atoms with van der Waals surface area (Å²) < 4.78 is 44.2. The summed E-state index contributed by atoms with van der Waals surface area (Å²) in [7, 11) is 1.72.